The lowest BCUT2D eigenvalue weighted by molar-refractivity contribution is 0.112. The van der Waals surface area contributed by atoms with E-state index in [1.54, 1.807) is 11.3 Å². The first-order chi connectivity index (χ1) is 7.59. The molecule has 2 unspecified atom stereocenters. The molecule has 0 aliphatic heterocycles. The van der Waals surface area contributed by atoms with Crippen molar-refractivity contribution in [3.8, 4) is 0 Å². The summed E-state index contributed by atoms with van der Waals surface area (Å²) in [7, 11) is 0. The van der Waals surface area contributed by atoms with Gasteiger partial charge in [0.25, 0.3) is 0 Å². The molecule has 2 rings (SSSR count). The zero-order valence-electron chi connectivity index (χ0n) is 10.4. The van der Waals surface area contributed by atoms with Crippen LogP contribution in [0.1, 0.15) is 45.1 Å². The first-order valence-electron chi connectivity index (χ1n) is 6.36. The average Bonchev–Trinajstić information content (AvgIpc) is 2.69. The lowest BCUT2D eigenvalue weighted by atomic mass is 9.65. The van der Waals surface area contributed by atoms with E-state index in [2.05, 4.69) is 30.7 Å². The molecule has 2 atom stereocenters. The largest absolute Gasteiger partial charge is 0.327 e. The predicted molar refractivity (Wildman–Crippen MR) is 71.7 cm³/mol. The maximum atomic E-state index is 6.42. The van der Waals surface area contributed by atoms with Crippen molar-refractivity contribution in [2.24, 2.45) is 17.1 Å². The van der Waals surface area contributed by atoms with Crippen LogP contribution in [0.5, 0.6) is 0 Å². The molecule has 0 spiro atoms. The van der Waals surface area contributed by atoms with Crippen LogP contribution in [-0.2, 0) is 6.42 Å². The quantitative estimate of drug-likeness (QED) is 0.849. The lowest BCUT2D eigenvalue weighted by Gasteiger charge is -2.42. The van der Waals surface area contributed by atoms with E-state index in [0.717, 1.165) is 6.42 Å². The fourth-order valence-corrected chi connectivity index (χ4v) is 3.82. The van der Waals surface area contributed by atoms with Crippen molar-refractivity contribution in [2.45, 2.75) is 52.0 Å². The van der Waals surface area contributed by atoms with Crippen LogP contribution in [0.4, 0.5) is 0 Å². The minimum atomic E-state index is 0.338. The molecule has 2 N–H and O–H groups in total. The van der Waals surface area contributed by atoms with E-state index in [0.29, 0.717) is 17.4 Å². The Morgan fingerprint density at radius 2 is 2.31 bits per heavy atom. The summed E-state index contributed by atoms with van der Waals surface area (Å²) in [5.41, 5.74) is 8.27. The number of rotatable bonds is 3. The summed E-state index contributed by atoms with van der Waals surface area (Å²) in [4.78, 5) is 0. The molecule has 0 aromatic carbocycles. The van der Waals surface area contributed by atoms with Crippen LogP contribution < -0.4 is 5.73 Å². The van der Waals surface area contributed by atoms with Crippen LogP contribution in [-0.4, -0.2) is 6.04 Å². The lowest BCUT2D eigenvalue weighted by Crippen LogP contribution is -2.42. The molecule has 1 saturated carbocycles. The summed E-state index contributed by atoms with van der Waals surface area (Å²) in [5.74, 6) is 0.696. The smallest absolute Gasteiger partial charge is 0.0113 e. The van der Waals surface area contributed by atoms with Gasteiger partial charge in [-0.05, 0) is 53.0 Å². The molecule has 2 heteroatoms. The molecule has 0 bridgehead atoms. The molecule has 1 aromatic rings. The summed E-state index contributed by atoms with van der Waals surface area (Å²) in [6.07, 6.45) is 6.46. The molecule has 90 valence electrons. The Morgan fingerprint density at radius 3 is 2.94 bits per heavy atom. The highest BCUT2D eigenvalue weighted by Gasteiger charge is 2.35. The molecule has 16 heavy (non-hydrogen) atoms. The third-order valence-electron chi connectivity index (χ3n) is 4.16. The minimum Gasteiger partial charge on any atom is -0.327 e. The highest BCUT2D eigenvalue weighted by atomic mass is 32.1. The molecule has 0 saturated heterocycles. The van der Waals surface area contributed by atoms with Crippen molar-refractivity contribution < 1.29 is 0 Å². The first-order valence-corrected chi connectivity index (χ1v) is 7.30. The summed E-state index contributed by atoms with van der Waals surface area (Å²) in [6, 6.07) is 2.55. The van der Waals surface area contributed by atoms with E-state index in [4.69, 9.17) is 5.73 Å². The summed E-state index contributed by atoms with van der Waals surface area (Å²) < 4.78 is 0. The van der Waals surface area contributed by atoms with Crippen molar-refractivity contribution in [2.75, 3.05) is 0 Å². The van der Waals surface area contributed by atoms with Crippen LogP contribution in [0.15, 0.2) is 16.8 Å². The Hall–Kier alpha value is -0.340. The van der Waals surface area contributed by atoms with Crippen molar-refractivity contribution in [3.05, 3.63) is 22.4 Å². The maximum Gasteiger partial charge on any atom is 0.0113 e. The summed E-state index contributed by atoms with van der Waals surface area (Å²) in [5, 5.41) is 4.38. The Labute approximate surface area is 103 Å². The van der Waals surface area contributed by atoms with Gasteiger partial charge in [-0.1, -0.05) is 26.7 Å². The number of hydrogen-bond acceptors (Lipinski definition) is 2. The third kappa shape index (κ3) is 2.67. The zero-order valence-corrected chi connectivity index (χ0v) is 11.2. The van der Waals surface area contributed by atoms with Gasteiger partial charge in [0.2, 0.25) is 0 Å². The number of hydrogen-bond donors (Lipinski definition) is 1. The molecule has 1 aliphatic rings. The number of nitrogens with two attached hydrogens (primary N) is 1. The third-order valence-corrected chi connectivity index (χ3v) is 4.89. The summed E-state index contributed by atoms with van der Waals surface area (Å²) in [6.45, 7) is 4.79. The van der Waals surface area contributed by atoms with Crippen LogP contribution in [0, 0.1) is 11.3 Å². The van der Waals surface area contributed by atoms with Gasteiger partial charge in [-0.25, -0.2) is 0 Å². The number of thiophene rings is 1. The van der Waals surface area contributed by atoms with Crippen LogP contribution in [0.2, 0.25) is 0 Å². The van der Waals surface area contributed by atoms with E-state index >= 15 is 0 Å². The van der Waals surface area contributed by atoms with Gasteiger partial charge in [0, 0.05) is 6.04 Å². The second-order valence-corrected chi connectivity index (χ2v) is 6.62. The van der Waals surface area contributed by atoms with Crippen LogP contribution in [0.3, 0.4) is 0 Å². The fraction of sp³-hybridized carbons (Fsp3) is 0.714. The van der Waals surface area contributed by atoms with Gasteiger partial charge in [-0.2, -0.15) is 11.3 Å². The molecule has 1 nitrogen and oxygen atoms in total. The molecule has 1 fully saturated rings. The maximum absolute atomic E-state index is 6.42. The standard InChI is InChI=1S/C14H23NS/c1-14(2)7-4-3-5-12(14)13(15)9-11-6-8-16-10-11/h6,8,10,12-13H,3-5,7,9,15H2,1-2H3. The van der Waals surface area contributed by atoms with E-state index in [1.807, 2.05) is 0 Å². The first kappa shape index (κ1) is 12.1. The van der Waals surface area contributed by atoms with Gasteiger partial charge in [0.15, 0.2) is 0 Å². The topological polar surface area (TPSA) is 26.0 Å². The van der Waals surface area contributed by atoms with E-state index in [1.165, 1.54) is 31.2 Å². The Balaban J connectivity index is 2.00. The molecular formula is C14H23NS. The fourth-order valence-electron chi connectivity index (χ4n) is 3.14. The Morgan fingerprint density at radius 1 is 1.50 bits per heavy atom. The Bertz CT molecular complexity index is 315. The molecule has 0 amide bonds. The zero-order chi connectivity index (χ0) is 11.6. The molecule has 1 aliphatic carbocycles. The van der Waals surface area contributed by atoms with Crippen LogP contribution >= 0.6 is 11.3 Å². The second kappa shape index (κ2) is 4.89. The van der Waals surface area contributed by atoms with Crippen LogP contribution in [0.25, 0.3) is 0 Å². The molecule has 0 radical (unpaired) electrons. The van der Waals surface area contributed by atoms with Gasteiger partial charge in [0.05, 0.1) is 0 Å². The highest BCUT2D eigenvalue weighted by molar-refractivity contribution is 7.07. The molecule has 1 heterocycles. The van der Waals surface area contributed by atoms with Crippen molar-refractivity contribution >= 4 is 11.3 Å². The van der Waals surface area contributed by atoms with Gasteiger partial charge in [-0.3, -0.25) is 0 Å². The van der Waals surface area contributed by atoms with Gasteiger partial charge < -0.3 is 5.73 Å². The van der Waals surface area contributed by atoms with Gasteiger partial charge in [0.1, 0.15) is 0 Å². The monoisotopic (exact) mass is 237 g/mol. The van der Waals surface area contributed by atoms with Gasteiger partial charge >= 0.3 is 0 Å². The van der Waals surface area contributed by atoms with Crippen molar-refractivity contribution in [3.63, 3.8) is 0 Å². The van der Waals surface area contributed by atoms with E-state index < -0.39 is 0 Å². The second-order valence-electron chi connectivity index (χ2n) is 5.84. The van der Waals surface area contributed by atoms with E-state index in [-0.39, 0.29) is 0 Å². The van der Waals surface area contributed by atoms with E-state index in [9.17, 15) is 0 Å². The van der Waals surface area contributed by atoms with Crippen molar-refractivity contribution in [1.82, 2.24) is 0 Å². The predicted octanol–water partition coefficient (Wildman–Crippen LogP) is 3.83. The normalized spacial score (nSPS) is 26.6. The average molecular weight is 237 g/mol. The van der Waals surface area contributed by atoms with Gasteiger partial charge in [-0.15, -0.1) is 0 Å². The molecule has 1 aromatic heterocycles. The SMILES string of the molecule is CC1(C)CCCCC1C(N)Cc1ccsc1. The summed E-state index contributed by atoms with van der Waals surface area (Å²) >= 11 is 1.77. The minimum absolute atomic E-state index is 0.338. The Kier molecular flexibility index (Phi) is 3.70. The van der Waals surface area contributed by atoms with Crippen molar-refractivity contribution in [1.29, 1.82) is 0 Å². The molecular weight excluding hydrogens is 214 g/mol. The highest BCUT2D eigenvalue weighted by Crippen LogP contribution is 2.42.